The highest BCUT2D eigenvalue weighted by atomic mass is 35.5. The molecular formula is C18H27ClN2O4. The van der Waals surface area contributed by atoms with Crippen molar-refractivity contribution in [1.82, 2.24) is 0 Å². The summed E-state index contributed by atoms with van der Waals surface area (Å²) in [7, 11) is 1.60. The highest BCUT2D eigenvalue weighted by molar-refractivity contribution is 6.32. The predicted molar refractivity (Wildman–Crippen MR) is 98.2 cm³/mol. The van der Waals surface area contributed by atoms with E-state index >= 15 is 0 Å². The molecule has 1 fully saturated rings. The molecule has 1 amide bonds. The maximum Gasteiger partial charge on any atom is 0.245 e. The molecule has 1 aromatic rings. The summed E-state index contributed by atoms with van der Waals surface area (Å²) in [6, 6.07) is 5.10. The average molecular weight is 371 g/mol. The van der Waals surface area contributed by atoms with Crippen LogP contribution >= 0.6 is 11.6 Å². The third-order valence-corrected chi connectivity index (χ3v) is 5.27. The van der Waals surface area contributed by atoms with Gasteiger partial charge in [0.05, 0.1) is 17.7 Å². The quantitative estimate of drug-likeness (QED) is 0.687. The van der Waals surface area contributed by atoms with Gasteiger partial charge in [-0.25, -0.2) is 0 Å². The zero-order valence-corrected chi connectivity index (χ0v) is 16.0. The van der Waals surface area contributed by atoms with Crippen molar-refractivity contribution >= 4 is 23.2 Å². The van der Waals surface area contributed by atoms with Gasteiger partial charge in [-0.15, -0.1) is 0 Å². The molecule has 1 aliphatic carbocycles. The Hall–Kier alpha value is -1.34. The molecule has 1 aromatic carbocycles. The summed E-state index contributed by atoms with van der Waals surface area (Å²) in [5.41, 5.74) is 5.53. The van der Waals surface area contributed by atoms with Crippen LogP contribution in [0, 0.1) is 5.41 Å². The Balaban J connectivity index is 2.02. The van der Waals surface area contributed by atoms with Crippen LogP contribution in [0.4, 0.5) is 5.69 Å². The minimum absolute atomic E-state index is 0.0200. The van der Waals surface area contributed by atoms with Crippen LogP contribution in [0.2, 0.25) is 5.02 Å². The van der Waals surface area contributed by atoms with Gasteiger partial charge in [0, 0.05) is 31.2 Å². The number of benzene rings is 1. The molecule has 0 bridgehead atoms. The number of nitrogens with one attached hydrogen (secondary N) is 1. The molecule has 0 heterocycles. The van der Waals surface area contributed by atoms with Crippen molar-refractivity contribution < 1.29 is 19.0 Å². The van der Waals surface area contributed by atoms with Gasteiger partial charge in [-0.05, 0) is 25.1 Å². The molecule has 6 nitrogen and oxygen atoms in total. The van der Waals surface area contributed by atoms with Gasteiger partial charge in [-0.1, -0.05) is 25.4 Å². The van der Waals surface area contributed by atoms with E-state index in [1.165, 1.54) is 0 Å². The monoisotopic (exact) mass is 370 g/mol. The number of hydrogen-bond acceptors (Lipinski definition) is 5. The largest absolute Gasteiger partial charge is 0.490 e. The van der Waals surface area contributed by atoms with E-state index in [9.17, 15) is 4.79 Å². The fourth-order valence-corrected chi connectivity index (χ4v) is 3.23. The first-order chi connectivity index (χ1) is 11.8. The van der Waals surface area contributed by atoms with E-state index in [1.807, 2.05) is 20.8 Å². The van der Waals surface area contributed by atoms with E-state index in [-0.39, 0.29) is 12.0 Å². The fraction of sp³-hybridized carbons (Fsp3) is 0.611. The van der Waals surface area contributed by atoms with E-state index in [1.54, 1.807) is 25.3 Å². The van der Waals surface area contributed by atoms with Gasteiger partial charge in [-0.2, -0.15) is 0 Å². The number of halogens is 1. The van der Waals surface area contributed by atoms with Crippen LogP contribution in [-0.4, -0.2) is 44.5 Å². The number of hydrogen-bond donors (Lipinski definition) is 2. The second-order valence-corrected chi connectivity index (χ2v) is 7.19. The molecule has 1 saturated carbocycles. The molecular weight excluding hydrogens is 344 g/mol. The van der Waals surface area contributed by atoms with Crippen LogP contribution in [0.15, 0.2) is 18.2 Å². The van der Waals surface area contributed by atoms with Gasteiger partial charge >= 0.3 is 0 Å². The number of amides is 1. The molecule has 0 aromatic heterocycles. The average Bonchev–Trinajstić information content (AvgIpc) is 2.56. The number of nitrogens with two attached hydrogens (primary N) is 1. The van der Waals surface area contributed by atoms with Crippen LogP contribution in [0.5, 0.6) is 5.75 Å². The van der Waals surface area contributed by atoms with Gasteiger partial charge in [0.2, 0.25) is 5.91 Å². The maximum atomic E-state index is 12.7. The summed E-state index contributed by atoms with van der Waals surface area (Å²) in [4.78, 5) is 12.7. The fourth-order valence-electron chi connectivity index (χ4n) is 2.99. The van der Waals surface area contributed by atoms with E-state index in [2.05, 4.69) is 5.32 Å². The van der Waals surface area contributed by atoms with Gasteiger partial charge in [0.15, 0.2) is 0 Å². The van der Waals surface area contributed by atoms with Crippen molar-refractivity contribution in [2.75, 3.05) is 32.2 Å². The standard InChI is InChI=1S/C18H27ClN2O4/c1-5-24-15-11-18(20,17(15,2)3)16(22)21-12-6-7-14(13(19)10-12)25-9-8-23-4/h6-7,10,15H,5,8-9,11,20H2,1-4H3,(H,21,22). The summed E-state index contributed by atoms with van der Waals surface area (Å²) < 4.78 is 16.1. The summed E-state index contributed by atoms with van der Waals surface area (Å²) >= 11 is 6.21. The first-order valence-electron chi connectivity index (χ1n) is 8.39. The predicted octanol–water partition coefficient (Wildman–Crippen LogP) is 2.84. The van der Waals surface area contributed by atoms with Crippen molar-refractivity contribution in [2.45, 2.75) is 38.8 Å². The van der Waals surface area contributed by atoms with Gasteiger partial charge < -0.3 is 25.3 Å². The number of rotatable bonds is 8. The van der Waals surface area contributed by atoms with Crippen LogP contribution in [-0.2, 0) is 14.3 Å². The molecule has 2 rings (SSSR count). The van der Waals surface area contributed by atoms with Gasteiger partial charge in [0.25, 0.3) is 0 Å². The minimum Gasteiger partial charge on any atom is -0.490 e. The molecule has 140 valence electrons. The zero-order valence-electron chi connectivity index (χ0n) is 15.2. The van der Waals surface area contributed by atoms with Crippen LogP contribution in [0.3, 0.4) is 0 Å². The molecule has 3 N–H and O–H groups in total. The summed E-state index contributed by atoms with van der Waals surface area (Å²) in [5, 5.41) is 3.27. The molecule has 2 unspecified atom stereocenters. The number of carbonyl (C=O) groups excluding carboxylic acids is 1. The number of methoxy groups -OCH3 is 1. The van der Waals surface area contributed by atoms with Crippen molar-refractivity contribution in [1.29, 1.82) is 0 Å². The Morgan fingerprint density at radius 1 is 1.40 bits per heavy atom. The number of ether oxygens (including phenoxy) is 3. The normalized spacial score (nSPS) is 24.5. The zero-order chi connectivity index (χ0) is 18.7. The van der Waals surface area contributed by atoms with Crippen LogP contribution < -0.4 is 15.8 Å². The topological polar surface area (TPSA) is 82.8 Å². The van der Waals surface area contributed by atoms with E-state index in [4.69, 9.17) is 31.5 Å². The molecule has 7 heteroatoms. The second-order valence-electron chi connectivity index (χ2n) is 6.78. The van der Waals surface area contributed by atoms with Crippen molar-refractivity contribution in [3.63, 3.8) is 0 Å². The summed E-state index contributed by atoms with van der Waals surface area (Å²) in [6.07, 6.45) is 0.472. The Bertz CT molecular complexity index is 623. The first-order valence-corrected chi connectivity index (χ1v) is 8.77. The summed E-state index contributed by atoms with van der Waals surface area (Å²) in [5.74, 6) is 0.303. The Morgan fingerprint density at radius 3 is 2.68 bits per heavy atom. The lowest BCUT2D eigenvalue weighted by Crippen LogP contribution is -2.74. The van der Waals surface area contributed by atoms with Gasteiger partial charge in [0.1, 0.15) is 17.9 Å². The molecule has 0 spiro atoms. The third kappa shape index (κ3) is 3.92. The Kier molecular flexibility index (Phi) is 6.32. The van der Waals surface area contributed by atoms with Crippen molar-refractivity contribution in [2.24, 2.45) is 11.1 Å². The van der Waals surface area contributed by atoms with Crippen LogP contribution in [0.1, 0.15) is 27.2 Å². The SMILES string of the molecule is CCOC1CC(N)(C(=O)Nc2ccc(OCCOC)c(Cl)c2)C1(C)C. The Labute approximate surface area is 154 Å². The van der Waals surface area contributed by atoms with Crippen molar-refractivity contribution in [3.8, 4) is 5.75 Å². The van der Waals surface area contributed by atoms with E-state index < -0.39 is 11.0 Å². The number of anilines is 1. The smallest absolute Gasteiger partial charge is 0.245 e. The third-order valence-electron chi connectivity index (χ3n) is 4.97. The minimum atomic E-state index is -0.979. The van der Waals surface area contributed by atoms with Gasteiger partial charge in [-0.3, -0.25) is 4.79 Å². The highest BCUT2D eigenvalue weighted by Crippen LogP contribution is 2.50. The Morgan fingerprint density at radius 2 is 2.12 bits per heavy atom. The van der Waals surface area contributed by atoms with Crippen LogP contribution in [0.25, 0.3) is 0 Å². The molecule has 1 aliphatic rings. The first kappa shape index (κ1) is 20.0. The highest BCUT2D eigenvalue weighted by Gasteiger charge is 2.62. The van der Waals surface area contributed by atoms with E-state index in [0.29, 0.717) is 42.7 Å². The lowest BCUT2D eigenvalue weighted by Gasteiger charge is -2.57. The molecule has 0 saturated heterocycles. The maximum absolute atomic E-state index is 12.7. The lowest BCUT2D eigenvalue weighted by atomic mass is 9.54. The summed E-state index contributed by atoms with van der Waals surface area (Å²) in [6.45, 7) is 7.32. The molecule has 0 radical (unpaired) electrons. The lowest BCUT2D eigenvalue weighted by molar-refractivity contribution is -0.166. The second kappa shape index (κ2) is 7.91. The number of carbonyl (C=O) groups is 1. The molecule has 0 aliphatic heterocycles. The van der Waals surface area contributed by atoms with E-state index in [0.717, 1.165) is 0 Å². The molecule has 2 atom stereocenters. The molecule has 25 heavy (non-hydrogen) atoms. The van der Waals surface area contributed by atoms with Crippen molar-refractivity contribution in [3.05, 3.63) is 23.2 Å².